The van der Waals surface area contributed by atoms with E-state index in [4.69, 9.17) is 9.84 Å². The van der Waals surface area contributed by atoms with Crippen molar-refractivity contribution in [1.82, 2.24) is 0 Å². The molecule has 1 rings (SSSR count). The maximum absolute atomic E-state index is 10.0. The Hall–Kier alpha value is -0.830. The van der Waals surface area contributed by atoms with Crippen LogP contribution in [-0.4, -0.2) is 24.3 Å². The van der Waals surface area contributed by atoms with Crippen LogP contribution < -0.4 is 0 Å². The van der Waals surface area contributed by atoms with Gasteiger partial charge in [-0.05, 0) is 0 Å². The summed E-state index contributed by atoms with van der Waals surface area (Å²) in [4.78, 5) is 10.0. The van der Waals surface area contributed by atoms with E-state index in [2.05, 4.69) is 0 Å². The number of aliphatic carboxylic acids is 1. The first-order chi connectivity index (χ1) is 4.79. The zero-order valence-electron chi connectivity index (χ0n) is 5.62. The van der Waals surface area contributed by atoms with Crippen molar-refractivity contribution in [3.63, 3.8) is 0 Å². The summed E-state index contributed by atoms with van der Waals surface area (Å²) in [5.41, 5.74) is 0. The lowest BCUT2D eigenvalue weighted by Crippen LogP contribution is -2.25. The minimum absolute atomic E-state index is 0.122. The molecule has 0 aromatic rings. The molecule has 56 valence electrons. The molecule has 1 aliphatic rings. The van der Waals surface area contributed by atoms with E-state index in [1.165, 1.54) is 0 Å². The quantitative estimate of drug-likeness (QED) is 0.589. The van der Waals surface area contributed by atoms with Gasteiger partial charge in [0.1, 0.15) is 0 Å². The number of carbonyl (C=O) groups is 1. The van der Waals surface area contributed by atoms with Gasteiger partial charge in [0.2, 0.25) is 0 Å². The summed E-state index contributed by atoms with van der Waals surface area (Å²) in [6.45, 7) is 1.49. The molecule has 0 saturated carbocycles. The molecule has 0 atom stereocenters. The predicted octanol–water partition coefficient (Wildman–Crippen LogP) is 0.664. The van der Waals surface area contributed by atoms with Gasteiger partial charge >= 0.3 is 5.97 Å². The molecular formula is C7H10O3. The normalized spacial score (nSPS) is 19.2. The maximum atomic E-state index is 10.0. The van der Waals surface area contributed by atoms with Gasteiger partial charge in [0.05, 0.1) is 19.6 Å². The highest BCUT2D eigenvalue weighted by atomic mass is 16.5. The van der Waals surface area contributed by atoms with Crippen LogP contribution in [-0.2, 0) is 9.53 Å². The summed E-state index contributed by atoms with van der Waals surface area (Å²) in [5.74, 6) is -0.323. The second-order valence-corrected chi connectivity index (χ2v) is 2.32. The second kappa shape index (κ2) is 3.37. The van der Waals surface area contributed by atoms with Crippen LogP contribution in [0.2, 0.25) is 0 Å². The fourth-order valence-electron chi connectivity index (χ4n) is 0.726. The first-order valence-corrected chi connectivity index (χ1v) is 3.25. The van der Waals surface area contributed by atoms with E-state index in [0.29, 0.717) is 5.92 Å². The van der Waals surface area contributed by atoms with E-state index in [0.717, 1.165) is 13.2 Å². The lowest BCUT2D eigenvalue weighted by atomic mass is 10.1. The Morgan fingerprint density at radius 3 is 2.80 bits per heavy atom. The third-order valence-electron chi connectivity index (χ3n) is 1.36. The van der Waals surface area contributed by atoms with Crippen LogP contribution in [0.15, 0.2) is 12.2 Å². The Labute approximate surface area is 59.3 Å². The zero-order valence-corrected chi connectivity index (χ0v) is 5.62. The van der Waals surface area contributed by atoms with Crippen LogP contribution in [0.5, 0.6) is 0 Å². The van der Waals surface area contributed by atoms with Crippen LogP contribution in [0, 0.1) is 5.92 Å². The smallest absolute Gasteiger partial charge is 0.307 e. The predicted molar refractivity (Wildman–Crippen MR) is 35.7 cm³/mol. The number of ether oxygens (including phenoxy) is 1. The summed E-state index contributed by atoms with van der Waals surface area (Å²) in [5, 5.41) is 8.23. The highest BCUT2D eigenvalue weighted by Crippen LogP contribution is 2.10. The fourth-order valence-corrected chi connectivity index (χ4v) is 0.726. The van der Waals surface area contributed by atoms with Crippen molar-refractivity contribution in [2.24, 2.45) is 5.92 Å². The Morgan fingerprint density at radius 2 is 2.40 bits per heavy atom. The molecule has 10 heavy (non-hydrogen) atoms. The molecule has 0 aromatic carbocycles. The van der Waals surface area contributed by atoms with Crippen molar-refractivity contribution in [2.75, 3.05) is 13.2 Å². The summed E-state index contributed by atoms with van der Waals surface area (Å²) < 4.78 is 4.89. The second-order valence-electron chi connectivity index (χ2n) is 2.32. The van der Waals surface area contributed by atoms with Crippen molar-refractivity contribution >= 4 is 5.97 Å². The molecule has 0 bridgehead atoms. The monoisotopic (exact) mass is 142 g/mol. The van der Waals surface area contributed by atoms with Crippen LogP contribution >= 0.6 is 0 Å². The van der Waals surface area contributed by atoms with Crippen molar-refractivity contribution in [3.05, 3.63) is 12.2 Å². The fraction of sp³-hybridized carbons (Fsp3) is 0.571. The van der Waals surface area contributed by atoms with E-state index in [9.17, 15) is 4.79 Å². The van der Waals surface area contributed by atoms with Gasteiger partial charge in [-0.15, -0.1) is 0 Å². The van der Waals surface area contributed by atoms with Crippen LogP contribution in [0.25, 0.3) is 0 Å². The molecule has 3 heteroatoms. The molecule has 1 aliphatic heterocycles. The van der Waals surface area contributed by atoms with E-state index >= 15 is 0 Å². The first-order valence-electron chi connectivity index (χ1n) is 3.25. The molecule has 3 nitrogen and oxygen atoms in total. The molecule has 1 N–H and O–H groups in total. The number of hydrogen-bond acceptors (Lipinski definition) is 2. The number of hydrogen-bond donors (Lipinski definition) is 1. The Bertz CT molecular complexity index is 147. The van der Waals surface area contributed by atoms with E-state index in [1.807, 2.05) is 6.08 Å². The Morgan fingerprint density at radius 1 is 1.70 bits per heavy atom. The van der Waals surface area contributed by atoms with Gasteiger partial charge in [0.25, 0.3) is 0 Å². The molecule has 1 fully saturated rings. The van der Waals surface area contributed by atoms with Gasteiger partial charge < -0.3 is 9.84 Å². The average molecular weight is 142 g/mol. The highest BCUT2D eigenvalue weighted by Gasteiger charge is 2.13. The topological polar surface area (TPSA) is 46.5 Å². The molecule has 1 saturated heterocycles. The van der Waals surface area contributed by atoms with Gasteiger partial charge in [-0.2, -0.15) is 0 Å². The third-order valence-corrected chi connectivity index (χ3v) is 1.36. The van der Waals surface area contributed by atoms with Crippen molar-refractivity contribution < 1.29 is 14.6 Å². The third kappa shape index (κ3) is 2.19. The number of carboxylic acids is 1. The molecule has 0 aromatic heterocycles. The van der Waals surface area contributed by atoms with Crippen LogP contribution in [0.4, 0.5) is 0 Å². The molecule has 0 amide bonds. The zero-order chi connectivity index (χ0) is 7.40. The van der Waals surface area contributed by atoms with Crippen molar-refractivity contribution in [2.45, 2.75) is 6.42 Å². The summed E-state index contributed by atoms with van der Waals surface area (Å²) in [6, 6.07) is 0. The SMILES string of the molecule is O=C(O)C/C=C/C1COC1. The minimum atomic E-state index is -0.781. The summed E-state index contributed by atoms with van der Waals surface area (Å²) in [7, 11) is 0. The molecule has 0 aliphatic carbocycles. The van der Waals surface area contributed by atoms with E-state index < -0.39 is 5.97 Å². The van der Waals surface area contributed by atoms with E-state index in [-0.39, 0.29) is 6.42 Å². The maximum Gasteiger partial charge on any atom is 0.307 e. The van der Waals surface area contributed by atoms with Gasteiger partial charge in [0, 0.05) is 5.92 Å². The first kappa shape index (κ1) is 7.28. The van der Waals surface area contributed by atoms with E-state index in [1.54, 1.807) is 6.08 Å². The standard InChI is InChI=1S/C7H10O3/c8-7(9)3-1-2-6-4-10-5-6/h1-2,6H,3-5H2,(H,8,9)/b2-1+. The minimum Gasteiger partial charge on any atom is -0.481 e. The van der Waals surface area contributed by atoms with Gasteiger partial charge in [-0.1, -0.05) is 12.2 Å². The molecule has 0 radical (unpaired) electrons. The van der Waals surface area contributed by atoms with Crippen molar-refractivity contribution in [1.29, 1.82) is 0 Å². The number of rotatable bonds is 3. The van der Waals surface area contributed by atoms with Crippen LogP contribution in [0.1, 0.15) is 6.42 Å². The van der Waals surface area contributed by atoms with Crippen molar-refractivity contribution in [3.8, 4) is 0 Å². The number of carboxylic acid groups (broad SMARTS) is 1. The molecule has 0 spiro atoms. The van der Waals surface area contributed by atoms with Gasteiger partial charge in [-0.25, -0.2) is 0 Å². The average Bonchev–Trinajstić information content (AvgIpc) is 1.75. The molecule has 1 heterocycles. The lowest BCUT2D eigenvalue weighted by Gasteiger charge is -2.22. The Balaban J connectivity index is 2.10. The van der Waals surface area contributed by atoms with Crippen LogP contribution in [0.3, 0.4) is 0 Å². The van der Waals surface area contributed by atoms with Gasteiger partial charge in [0.15, 0.2) is 0 Å². The highest BCUT2D eigenvalue weighted by molar-refractivity contribution is 5.68. The van der Waals surface area contributed by atoms with Gasteiger partial charge in [-0.3, -0.25) is 4.79 Å². The summed E-state index contributed by atoms with van der Waals surface area (Å²) >= 11 is 0. The summed E-state index contributed by atoms with van der Waals surface area (Å²) in [6.07, 6.45) is 3.70. The lowest BCUT2D eigenvalue weighted by molar-refractivity contribution is -0.136. The Kier molecular flexibility index (Phi) is 2.45. The largest absolute Gasteiger partial charge is 0.481 e. The molecule has 0 unspecified atom stereocenters. The molecular weight excluding hydrogens is 132 g/mol.